The van der Waals surface area contributed by atoms with E-state index in [2.05, 4.69) is 15.5 Å². The Morgan fingerprint density at radius 1 is 1.41 bits per heavy atom. The lowest BCUT2D eigenvalue weighted by atomic mass is 10.2. The van der Waals surface area contributed by atoms with Gasteiger partial charge in [0.15, 0.2) is 0 Å². The first-order chi connectivity index (χ1) is 8.13. The summed E-state index contributed by atoms with van der Waals surface area (Å²) < 4.78 is 9.88. The molecule has 6 nitrogen and oxygen atoms in total. The van der Waals surface area contributed by atoms with Crippen molar-refractivity contribution in [2.24, 2.45) is 0 Å². The van der Waals surface area contributed by atoms with Crippen LogP contribution in [-0.4, -0.2) is 43.0 Å². The van der Waals surface area contributed by atoms with Crippen LogP contribution in [0.25, 0.3) is 0 Å². The van der Waals surface area contributed by atoms with E-state index in [9.17, 15) is 4.79 Å². The van der Waals surface area contributed by atoms with E-state index in [1.807, 2.05) is 13.8 Å². The van der Waals surface area contributed by atoms with Gasteiger partial charge < -0.3 is 9.47 Å². The minimum Gasteiger partial charge on any atom is -0.382 e. The number of aromatic nitrogens is 2. The summed E-state index contributed by atoms with van der Waals surface area (Å²) in [6, 6.07) is 0. The van der Waals surface area contributed by atoms with Gasteiger partial charge in [-0.25, -0.2) is 0 Å². The Bertz CT molecular complexity index is 354. The Labute approximate surface area is 104 Å². The highest BCUT2D eigenvalue weighted by Gasteiger charge is 2.10. The van der Waals surface area contributed by atoms with Crippen LogP contribution in [0.1, 0.15) is 24.8 Å². The van der Waals surface area contributed by atoms with E-state index < -0.39 is 0 Å². The highest BCUT2D eigenvalue weighted by Crippen LogP contribution is 2.22. The summed E-state index contributed by atoms with van der Waals surface area (Å²) >= 11 is 1.38. The Morgan fingerprint density at radius 3 is 2.76 bits per heavy atom. The van der Waals surface area contributed by atoms with Crippen molar-refractivity contribution in [2.45, 2.75) is 19.8 Å². The molecule has 0 aliphatic heterocycles. The number of nitrogens with one attached hydrogen (secondary N) is 1. The third-order valence-corrected chi connectivity index (χ3v) is 2.99. The molecule has 0 spiro atoms. The summed E-state index contributed by atoms with van der Waals surface area (Å²) in [4.78, 5) is 11.4. The standard InChI is InChI=1S/C10H17N3O3S/c1-7(2)9-12-13-10(17-9)11-8(14)6-16-5-4-15-3/h7H,4-6H2,1-3H3,(H,11,13,14). The number of rotatable bonds is 7. The molecule has 17 heavy (non-hydrogen) atoms. The molecule has 1 aromatic rings. The molecule has 0 aromatic carbocycles. The van der Waals surface area contributed by atoms with Crippen molar-refractivity contribution in [3.05, 3.63) is 5.01 Å². The van der Waals surface area contributed by atoms with Crippen molar-refractivity contribution in [1.82, 2.24) is 10.2 Å². The first-order valence-corrected chi connectivity index (χ1v) is 6.15. The SMILES string of the molecule is COCCOCC(=O)Nc1nnc(C(C)C)s1. The van der Waals surface area contributed by atoms with E-state index in [1.54, 1.807) is 7.11 Å². The number of carbonyl (C=O) groups is 1. The van der Waals surface area contributed by atoms with Crippen molar-refractivity contribution in [3.8, 4) is 0 Å². The van der Waals surface area contributed by atoms with Crippen molar-refractivity contribution in [3.63, 3.8) is 0 Å². The van der Waals surface area contributed by atoms with Crippen LogP contribution in [0.2, 0.25) is 0 Å². The first kappa shape index (κ1) is 14.0. The fraction of sp³-hybridized carbons (Fsp3) is 0.700. The summed E-state index contributed by atoms with van der Waals surface area (Å²) in [5.74, 6) is 0.0867. The lowest BCUT2D eigenvalue weighted by Gasteiger charge is -2.02. The van der Waals surface area contributed by atoms with E-state index in [0.29, 0.717) is 24.3 Å². The van der Waals surface area contributed by atoms with E-state index in [-0.39, 0.29) is 12.5 Å². The zero-order chi connectivity index (χ0) is 12.7. The second-order valence-electron chi connectivity index (χ2n) is 3.69. The molecule has 1 amide bonds. The van der Waals surface area contributed by atoms with Gasteiger partial charge in [0.1, 0.15) is 11.6 Å². The molecule has 0 bridgehead atoms. The Kier molecular flexibility index (Phi) is 6.03. The van der Waals surface area contributed by atoms with Crippen LogP contribution in [0, 0.1) is 0 Å². The topological polar surface area (TPSA) is 73.3 Å². The number of anilines is 1. The van der Waals surface area contributed by atoms with Gasteiger partial charge in [0, 0.05) is 13.0 Å². The summed E-state index contributed by atoms with van der Waals surface area (Å²) in [6.07, 6.45) is 0. The lowest BCUT2D eigenvalue weighted by Crippen LogP contribution is -2.19. The number of methoxy groups -OCH3 is 1. The van der Waals surface area contributed by atoms with Crippen LogP contribution in [0.5, 0.6) is 0 Å². The number of hydrogen-bond donors (Lipinski definition) is 1. The zero-order valence-electron chi connectivity index (χ0n) is 10.2. The fourth-order valence-electron chi connectivity index (χ4n) is 0.981. The largest absolute Gasteiger partial charge is 0.382 e. The van der Waals surface area contributed by atoms with Crippen molar-refractivity contribution in [2.75, 3.05) is 32.2 Å². The van der Waals surface area contributed by atoms with Gasteiger partial charge in [0.25, 0.3) is 5.91 Å². The van der Waals surface area contributed by atoms with Crippen LogP contribution in [0.15, 0.2) is 0 Å². The molecule has 0 unspecified atom stereocenters. The van der Waals surface area contributed by atoms with Crippen LogP contribution >= 0.6 is 11.3 Å². The van der Waals surface area contributed by atoms with Gasteiger partial charge in [-0.15, -0.1) is 10.2 Å². The van der Waals surface area contributed by atoms with Crippen LogP contribution in [-0.2, 0) is 14.3 Å². The Hall–Kier alpha value is -1.05. The van der Waals surface area contributed by atoms with Gasteiger partial charge in [0.05, 0.1) is 13.2 Å². The number of amides is 1. The maximum absolute atomic E-state index is 11.4. The molecule has 1 heterocycles. The van der Waals surface area contributed by atoms with Gasteiger partial charge in [-0.05, 0) is 0 Å². The summed E-state index contributed by atoms with van der Waals surface area (Å²) in [7, 11) is 1.58. The minimum absolute atomic E-state index is 0.0000477. The second-order valence-corrected chi connectivity index (χ2v) is 4.70. The van der Waals surface area contributed by atoms with Crippen molar-refractivity contribution >= 4 is 22.4 Å². The molecule has 96 valence electrons. The number of carbonyl (C=O) groups excluding carboxylic acids is 1. The minimum atomic E-state index is -0.229. The zero-order valence-corrected chi connectivity index (χ0v) is 11.0. The molecule has 1 rings (SSSR count). The molecule has 1 N–H and O–H groups in total. The normalized spacial score (nSPS) is 10.8. The molecule has 1 aromatic heterocycles. The van der Waals surface area contributed by atoms with E-state index in [0.717, 1.165) is 5.01 Å². The Balaban J connectivity index is 2.29. The van der Waals surface area contributed by atoms with Crippen molar-refractivity contribution in [1.29, 1.82) is 0 Å². The lowest BCUT2D eigenvalue weighted by molar-refractivity contribution is -0.121. The summed E-state index contributed by atoms with van der Waals surface area (Å²) in [6.45, 7) is 4.93. The molecule has 0 atom stereocenters. The third-order valence-electron chi connectivity index (χ3n) is 1.85. The Morgan fingerprint density at radius 2 is 2.18 bits per heavy atom. The van der Waals surface area contributed by atoms with Crippen LogP contribution in [0.3, 0.4) is 0 Å². The predicted molar refractivity (Wildman–Crippen MR) is 65.3 cm³/mol. The monoisotopic (exact) mass is 259 g/mol. The van der Waals surface area contributed by atoms with Crippen LogP contribution in [0.4, 0.5) is 5.13 Å². The smallest absolute Gasteiger partial charge is 0.252 e. The molecule has 7 heteroatoms. The average molecular weight is 259 g/mol. The summed E-state index contributed by atoms with van der Waals surface area (Å²) in [5.41, 5.74) is 0. The van der Waals surface area contributed by atoms with E-state index in [4.69, 9.17) is 9.47 Å². The quantitative estimate of drug-likeness (QED) is 0.746. The molecule has 0 fully saturated rings. The molecular formula is C10H17N3O3S. The molecule has 0 saturated carbocycles. The first-order valence-electron chi connectivity index (χ1n) is 5.33. The maximum atomic E-state index is 11.4. The summed E-state index contributed by atoms with van der Waals surface area (Å²) in [5, 5.41) is 11.9. The second kappa shape index (κ2) is 7.31. The van der Waals surface area contributed by atoms with Gasteiger partial charge in [-0.2, -0.15) is 0 Å². The van der Waals surface area contributed by atoms with E-state index in [1.165, 1.54) is 11.3 Å². The highest BCUT2D eigenvalue weighted by atomic mass is 32.1. The predicted octanol–water partition coefficient (Wildman–Crippen LogP) is 1.26. The number of nitrogens with zero attached hydrogens (tertiary/aromatic N) is 2. The number of ether oxygens (including phenoxy) is 2. The average Bonchev–Trinajstić information content (AvgIpc) is 2.73. The van der Waals surface area contributed by atoms with Gasteiger partial charge >= 0.3 is 0 Å². The maximum Gasteiger partial charge on any atom is 0.252 e. The molecule has 0 aliphatic carbocycles. The molecule has 0 aliphatic rings. The van der Waals surface area contributed by atoms with Gasteiger partial charge in [0.2, 0.25) is 5.13 Å². The van der Waals surface area contributed by atoms with Crippen molar-refractivity contribution < 1.29 is 14.3 Å². The molecule has 0 radical (unpaired) electrons. The van der Waals surface area contributed by atoms with E-state index >= 15 is 0 Å². The highest BCUT2D eigenvalue weighted by molar-refractivity contribution is 7.15. The molecule has 0 saturated heterocycles. The fourth-order valence-corrected chi connectivity index (χ4v) is 1.74. The van der Waals surface area contributed by atoms with Gasteiger partial charge in [-0.1, -0.05) is 25.2 Å². The molecular weight excluding hydrogens is 242 g/mol. The number of hydrogen-bond acceptors (Lipinski definition) is 6. The third kappa shape index (κ3) is 5.20. The van der Waals surface area contributed by atoms with Crippen LogP contribution < -0.4 is 5.32 Å². The van der Waals surface area contributed by atoms with Gasteiger partial charge in [-0.3, -0.25) is 10.1 Å².